The zero-order chi connectivity index (χ0) is 22.4. The van der Waals surface area contributed by atoms with Crippen LogP contribution in [0.4, 0.5) is 4.39 Å². The lowest BCUT2D eigenvalue weighted by atomic mass is 9.88. The van der Waals surface area contributed by atoms with Crippen molar-refractivity contribution in [1.29, 1.82) is 0 Å². The summed E-state index contributed by atoms with van der Waals surface area (Å²) >= 11 is 0. The summed E-state index contributed by atoms with van der Waals surface area (Å²) in [5.74, 6) is -0.480. The van der Waals surface area contributed by atoms with Crippen LogP contribution in [0.25, 0.3) is 11.1 Å². The van der Waals surface area contributed by atoms with Gasteiger partial charge in [0.15, 0.2) is 0 Å². The van der Waals surface area contributed by atoms with Crippen molar-refractivity contribution in [1.82, 2.24) is 14.4 Å². The molecule has 3 aliphatic heterocycles. The van der Waals surface area contributed by atoms with Crippen LogP contribution in [0.5, 0.6) is 0 Å². The molecule has 0 unspecified atom stereocenters. The van der Waals surface area contributed by atoms with Gasteiger partial charge in [-0.1, -0.05) is 19.1 Å². The number of rotatable bonds is 4. The number of carbonyl (C=O) groups is 1. The normalized spacial score (nSPS) is 27.4. The molecule has 1 aromatic heterocycles. The molecular formula is C25H30FN3O3. The zero-order valence-electron chi connectivity index (χ0n) is 18.4. The average molecular weight is 440 g/mol. The third-order valence-electron chi connectivity index (χ3n) is 7.61. The summed E-state index contributed by atoms with van der Waals surface area (Å²) in [7, 11) is 0. The van der Waals surface area contributed by atoms with E-state index in [1.807, 2.05) is 17.9 Å². The molecule has 1 aromatic carbocycles. The van der Waals surface area contributed by atoms with Gasteiger partial charge in [0.1, 0.15) is 5.82 Å². The number of likely N-dealkylation sites (N-methyl/N-ethyl adjacent to an activating group) is 1. The number of aliphatic hydroxyl groups is 1. The van der Waals surface area contributed by atoms with Crippen molar-refractivity contribution in [2.45, 2.75) is 44.8 Å². The Labute approximate surface area is 187 Å². The first kappa shape index (κ1) is 21.3. The van der Waals surface area contributed by atoms with E-state index in [1.54, 1.807) is 22.8 Å². The summed E-state index contributed by atoms with van der Waals surface area (Å²) in [5, 5.41) is 10.3. The van der Waals surface area contributed by atoms with Crippen LogP contribution in [-0.2, 0) is 11.3 Å². The monoisotopic (exact) mass is 439 g/mol. The van der Waals surface area contributed by atoms with Gasteiger partial charge in [-0.05, 0) is 55.6 Å². The topological polar surface area (TPSA) is 65.8 Å². The fourth-order valence-corrected chi connectivity index (χ4v) is 6.14. The second-order valence-electron chi connectivity index (χ2n) is 9.21. The van der Waals surface area contributed by atoms with E-state index < -0.39 is 0 Å². The van der Waals surface area contributed by atoms with Gasteiger partial charge in [-0.2, -0.15) is 0 Å². The molecule has 4 atom stereocenters. The lowest BCUT2D eigenvalue weighted by Crippen LogP contribution is -2.51. The number of aromatic nitrogens is 1. The Morgan fingerprint density at radius 1 is 1.16 bits per heavy atom. The van der Waals surface area contributed by atoms with Crippen molar-refractivity contribution in [2.24, 2.45) is 11.8 Å². The first-order valence-electron chi connectivity index (χ1n) is 11.7. The molecule has 0 saturated carbocycles. The summed E-state index contributed by atoms with van der Waals surface area (Å²) in [6.45, 7) is 4.66. The van der Waals surface area contributed by atoms with E-state index in [4.69, 9.17) is 0 Å². The molecule has 2 saturated heterocycles. The van der Waals surface area contributed by atoms with Crippen LogP contribution in [0.2, 0.25) is 0 Å². The van der Waals surface area contributed by atoms with Crippen molar-refractivity contribution in [3.05, 3.63) is 58.3 Å². The van der Waals surface area contributed by atoms with E-state index in [9.17, 15) is 19.1 Å². The van der Waals surface area contributed by atoms with Crippen LogP contribution >= 0.6 is 0 Å². The molecule has 5 rings (SSSR count). The van der Waals surface area contributed by atoms with Crippen molar-refractivity contribution in [2.75, 3.05) is 26.2 Å². The Hall–Kier alpha value is -2.51. The Bertz CT molecular complexity index is 1080. The highest BCUT2D eigenvalue weighted by Crippen LogP contribution is 2.49. The molecule has 170 valence electrons. The third-order valence-corrected chi connectivity index (χ3v) is 7.61. The molecule has 2 aromatic rings. The van der Waals surface area contributed by atoms with Gasteiger partial charge in [0.2, 0.25) is 5.91 Å². The zero-order valence-corrected chi connectivity index (χ0v) is 18.4. The molecule has 6 nitrogen and oxygen atoms in total. The number of pyridine rings is 1. The van der Waals surface area contributed by atoms with Crippen LogP contribution in [0.1, 0.15) is 37.9 Å². The molecule has 0 spiro atoms. The van der Waals surface area contributed by atoms with Gasteiger partial charge in [-0.3, -0.25) is 14.5 Å². The van der Waals surface area contributed by atoms with Crippen molar-refractivity contribution in [3.63, 3.8) is 0 Å². The Balaban J connectivity index is 1.52. The van der Waals surface area contributed by atoms with Gasteiger partial charge in [0.05, 0.1) is 12.1 Å². The smallest absolute Gasteiger partial charge is 0.258 e. The molecule has 7 heteroatoms. The Morgan fingerprint density at radius 3 is 2.62 bits per heavy atom. The summed E-state index contributed by atoms with van der Waals surface area (Å²) < 4.78 is 15.5. The first-order chi connectivity index (χ1) is 15.5. The second kappa shape index (κ2) is 8.45. The maximum absolute atomic E-state index is 13.7. The van der Waals surface area contributed by atoms with E-state index >= 15 is 0 Å². The quantitative estimate of drug-likeness (QED) is 0.796. The van der Waals surface area contributed by atoms with Gasteiger partial charge >= 0.3 is 0 Å². The van der Waals surface area contributed by atoms with Crippen molar-refractivity contribution in [3.8, 4) is 11.1 Å². The minimum Gasteiger partial charge on any atom is -0.396 e. The first-order valence-corrected chi connectivity index (χ1v) is 11.7. The predicted molar refractivity (Wildman–Crippen MR) is 120 cm³/mol. The Kier molecular flexibility index (Phi) is 5.63. The summed E-state index contributed by atoms with van der Waals surface area (Å²) in [5.41, 5.74) is 1.77. The summed E-state index contributed by atoms with van der Waals surface area (Å²) in [6, 6.07) is 9.36. The molecule has 0 bridgehead atoms. The number of nitrogens with zero attached hydrogens (tertiary/aromatic N) is 3. The molecule has 32 heavy (non-hydrogen) atoms. The maximum Gasteiger partial charge on any atom is 0.258 e. The van der Waals surface area contributed by atoms with Crippen LogP contribution in [0, 0.1) is 17.7 Å². The molecule has 0 aliphatic carbocycles. The lowest BCUT2D eigenvalue weighted by molar-refractivity contribution is -0.139. The molecule has 2 fully saturated rings. The third kappa shape index (κ3) is 3.30. The van der Waals surface area contributed by atoms with Crippen LogP contribution < -0.4 is 5.56 Å². The van der Waals surface area contributed by atoms with E-state index in [0.717, 1.165) is 38.0 Å². The summed E-state index contributed by atoms with van der Waals surface area (Å²) in [4.78, 5) is 31.0. The number of amides is 1. The number of benzene rings is 1. The minimum absolute atomic E-state index is 0.00542. The van der Waals surface area contributed by atoms with Crippen LogP contribution in [-0.4, -0.2) is 57.7 Å². The fourth-order valence-electron chi connectivity index (χ4n) is 6.14. The van der Waals surface area contributed by atoms with E-state index in [1.165, 1.54) is 12.1 Å². The maximum atomic E-state index is 13.7. The number of halogens is 1. The van der Waals surface area contributed by atoms with Crippen LogP contribution in [0.3, 0.4) is 0 Å². The number of likely N-dealkylation sites (tertiary alicyclic amines) is 2. The van der Waals surface area contributed by atoms with Gasteiger partial charge < -0.3 is 14.6 Å². The lowest BCUT2D eigenvalue weighted by Gasteiger charge is -2.35. The number of carbonyl (C=O) groups excluding carboxylic acids is 1. The van der Waals surface area contributed by atoms with Gasteiger partial charge in [0, 0.05) is 49.3 Å². The van der Waals surface area contributed by atoms with Gasteiger partial charge in [-0.15, -0.1) is 0 Å². The van der Waals surface area contributed by atoms with E-state index in [0.29, 0.717) is 24.2 Å². The number of piperidine rings is 1. The highest BCUT2D eigenvalue weighted by atomic mass is 19.1. The predicted octanol–water partition coefficient (Wildman–Crippen LogP) is 2.65. The average Bonchev–Trinajstić information content (AvgIpc) is 3.34. The molecule has 4 heterocycles. The van der Waals surface area contributed by atoms with Gasteiger partial charge in [-0.25, -0.2) is 4.39 Å². The fraction of sp³-hybridized carbons (Fsp3) is 0.520. The van der Waals surface area contributed by atoms with Crippen molar-refractivity contribution < 1.29 is 14.3 Å². The molecule has 3 aliphatic rings. The molecule has 1 N–H and O–H groups in total. The minimum atomic E-state index is -0.374. The van der Waals surface area contributed by atoms with Crippen molar-refractivity contribution >= 4 is 5.91 Å². The molecular weight excluding hydrogens is 409 g/mol. The SMILES string of the molecule is CCN1[C@H](C(=O)N2CCCCC2)[C@@H](CO)[C@@H]2Cn3c(ccc(-c4cccc(F)c4)c3=O)[C@@H]21. The molecule has 0 radical (unpaired) electrons. The standard InChI is InChI=1S/C25H30FN3O3/c1-2-28-22-19(20(15-30)23(28)25(32)27-11-4-3-5-12-27)14-29-21(22)10-9-18(24(29)31)16-7-6-8-17(26)13-16/h6-10,13,19-20,22-23,30H,2-5,11-12,14-15H2,1H3/t19-,20-,22+,23-/m0/s1. The number of hydrogen-bond acceptors (Lipinski definition) is 4. The highest BCUT2D eigenvalue weighted by Gasteiger charge is 2.55. The second-order valence-corrected chi connectivity index (χ2v) is 9.21. The largest absolute Gasteiger partial charge is 0.396 e. The Morgan fingerprint density at radius 2 is 1.94 bits per heavy atom. The summed E-state index contributed by atoms with van der Waals surface area (Å²) in [6.07, 6.45) is 3.22. The van der Waals surface area contributed by atoms with E-state index in [-0.39, 0.29) is 47.8 Å². The van der Waals surface area contributed by atoms with Crippen LogP contribution in [0.15, 0.2) is 41.2 Å². The number of hydrogen-bond donors (Lipinski definition) is 1. The highest BCUT2D eigenvalue weighted by molar-refractivity contribution is 5.83. The number of aliphatic hydroxyl groups excluding tert-OH is 1. The number of fused-ring (bicyclic) bond motifs is 3. The van der Waals surface area contributed by atoms with Gasteiger partial charge in [0.25, 0.3) is 5.56 Å². The van der Waals surface area contributed by atoms with E-state index in [2.05, 4.69) is 4.90 Å². The molecule has 1 amide bonds.